The fourth-order valence-corrected chi connectivity index (χ4v) is 3.05. The smallest absolute Gasteiger partial charge is 0.253 e. The van der Waals surface area contributed by atoms with Gasteiger partial charge in [0.05, 0.1) is 18.7 Å². The van der Waals surface area contributed by atoms with Crippen molar-refractivity contribution in [2.45, 2.75) is 10.9 Å². The molecular formula is C13H14BrN3O3S. The Morgan fingerprint density at radius 1 is 1.29 bits per heavy atom. The van der Waals surface area contributed by atoms with Gasteiger partial charge in [0.25, 0.3) is 5.56 Å². The van der Waals surface area contributed by atoms with Crippen molar-refractivity contribution in [1.29, 1.82) is 0 Å². The van der Waals surface area contributed by atoms with Crippen molar-refractivity contribution in [1.82, 2.24) is 9.97 Å². The highest BCUT2D eigenvalue weighted by molar-refractivity contribution is 9.10. The molecule has 112 valence electrons. The van der Waals surface area contributed by atoms with E-state index in [4.69, 9.17) is 15.2 Å². The molecule has 3 N–H and O–H groups in total. The number of methoxy groups -OCH3 is 2. The first-order chi connectivity index (χ1) is 10.0. The molecule has 0 aliphatic carbocycles. The van der Waals surface area contributed by atoms with Crippen molar-refractivity contribution >= 4 is 33.5 Å². The number of anilines is 1. The number of benzene rings is 1. The second kappa shape index (κ2) is 6.86. The molecule has 0 unspecified atom stereocenters. The van der Waals surface area contributed by atoms with Crippen molar-refractivity contribution in [2.75, 3.05) is 20.0 Å². The molecule has 0 radical (unpaired) electrons. The minimum atomic E-state index is -0.273. The predicted molar refractivity (Wildman–Crippen MR) is 86.1 cm³/mol. The Kier molecular flexibility index (Phi) is 5.13. The Morgan fingerprint density at radius 3 is 2.62 bits per heavy atom. The molecule has 1 heterocycles. The molecule has 2 rings (SSSR count). The highest BCUT2D eigenvalue weighted by atomic mass is 79.9. The van der Waals surface area contributed by atoms with Gasteiger partial charge in [-0.3, -0.25) is 4.79 Å². The monoisotopic (exact) mass is 371 g/mol. The first-order valence-corrected chi connectivity index (χ1v) is 7.71. The van der Waals surface area contributed by atoms with E-state index in [1.54, 1.807) is 14.2 Å². The average Bonchev–Trinajstić information content (AvgIpc) is 2.44. The Balaban J connectivity index is 2.24. The van der Waals surface area contributed by atoms with Gasteiger partial charge in [-0.2, -0.15) is 0 Å². The molecule has 0 bridgehead atoms. The van der Waals surface area contributed by atoms with E-state index in [1.165, 1.54) is 17.8 Å². The summed E-state index contributed by atoms with van der Waals surface area (Å²) in [5.74, 6) is 2.18. The summed E-state index contributed by atoms with van der Waals surface area (Å²) >= 11 is 4.77. The van der Waals surface area contributed by atoms with Gasteiger partial charge in [-0.25, -0.2) is 4.98 Å². The van der Waals surface area contributed by atoms with Crippen molar-refractivity contribution in [3.8, 4) is 11.5 Å². The van der Waals surface area contributed by atoms with Gasteiger partial charge >= 0.3 is 0 Å². The Morgan fingerprint density at radius 2 is 2.00 bits per heavy atom. The molecule has 0 saturated carbocycles. The molecule has 1 aromatic heterocycles. The van der Waals surface area contributed by atoms with Crippen LogP contribution in [0.5, 0.6) is 11.5 Å². The van der Waals surface area contributed by atoms with E-state index in [1.807, 2.05) is 12.1 Å². The topological polar surface area (TPSA) is 90.2 Å². The molecule has 0 spiro atoms. The highest BCUT2D eigenvalue weighted by Gasteiger charge is 2.11. The summed E-state index contributed by atoms with van der Waals surface area (Å²) in [7, 11) is 3.20. The number of aromatic amines is 1. The lowest BCUT2D eigenvalue weighted by Gasteiger charge is -2.12. The van der Waals surface area contributed by atoms with Gasteiger partial charge in [0.2, 0.25) is 0 Å². The van der Waals surface area contributed by atoms with Crippen molar-refractivity contribution in [2.24, 2.45) is 0 Å². The molecule has 6 nitrogen and oxygen atoms in total. The minimum absolute atomic E-state index is 0.196. The third-order valence-corrected chi connectivity index (χ3v) is 4.20. The van der Waals surface area contributed by atoms with Crippen LogP contribution >= 0.6 is 27.7 Å². The lowest BCUT2D eigenvalue weighted by molar-refractivity contribution is 0.398. The van der Waals surface area contributed by atoms with Crippen LogP contribution in [0.15, 0.2) is 32.6 Å². The van der Waals surface area contributed by atoms with Gasteiger partial charge in [-0.1, -0.05) is 11.8 Å². The van der Waals surface area contributed by atoms with E-state index >= 15 is 0 Å². The molecule has 8 heteroatoms. The van der Waals surface area contributed by atoms with Crippen LogP contribution in [0.25, 0.3) is 0 Å². The number of hydrogen-bond donors (Lipinski definition) is 2. The molecule has 0 atom stereocenters. The zero-order valence-corrected chi connectivity index (χ0v) is 13.9. The van der Waals surface area contributed by atoms with Crippen LogP contribution in [-0.4, -0.2) is 24.2 Å². The van der Waals surface area contributed by atoms with E-state index in [2.05, 4.69) is 25.9 Å². The summed E-state index contributed by atoms with van der Waals surface area (Å²) in [6, 6.07) is 4.96. The number of nitrogen functional groups attached to an aromatic ring is 1. The quantitative estimate of drug-likeness (QED) is 0.619. The molecule has 0 aliphatic heterocycles. The maximum atomic E-state index is 11.4. The fourth-order valence-electron chi connectivity index (χ4n) is 1.70. The minimum Gasteiger partial charge on any atom is -0.496 e. The van der Waals surface area contributed by atoms with E-state index in [0.717, 1.165) is 15.8 Å². The normalized spacial score (nSPS) is 10.4. The molecule has 0 aliphatic rings. The Bertz CT molecular complexity index is 706. The molecule has 0 fully saturated rings. The number of nitrogens with one attached hydrogen (secondary N) is 1. The summed E-state index contributed by atoms with van der Waals surface area (Å²) in [4.78, 5) is 18.1. The van der Waals surface area contributed by atoms with Gasteiger partial charge in [0.1, 0.15) is 17.3 Å². The molecule has 2 aromatic rings. The Labute approximate surface area is 134 Å². The first kappa shape index (κ1) is 15.7. The second-order valence-corrected chi connectivity index (χ2v) is 5.88. The maximum Gasteiger partial charge on any atom is 0.253 e. The van der Waals surface area contributed by atoms with E-state index in [9.17, 15) is 4.79 Å². The average molecular weight is 372 g/mol. The van der Waals surface area contributed by atoms with Gasteiger partial charge in [-0.05, 0) is 28.1 Å². The van der Waals surface area contributed by atoms with Crippen LogP contribution in [-0.2, 0) is 5.75 Å². The molecule has 0 saturated heterocycles. The van der Waals surface area contributed by atoms with Gasteiger partial charge in [-0.15, -0.1) is 0 Å². The van der Waals surface area contributed by atoms with Crippen LogP contribution in [0.4, 0.5) is 5.82 Å². The zero-order valence-electron chi connectivity index (χ0n) is 11.5. The first-order valence-electron chi connectivity index (χ1n) is 5.93. The van der Waals surface area contributed by atoms with Crippen molar-refractivity contribution in [3.63, 3.8) is 0 Å². The largest absolute Gasteiger partial charge is 0.496 e. The summed E-state index contributed by atoms with van der Waals surface area (Å²) in [6.07, 6.45) is 0. The summed E-state index contributed by atoms with van der Waals surface area (Å²) < 4.78 is 11.4. The van der Waals surface area contributed by atoms with Crippen LogP contribution in [0.1, 0.15) is 5.56 Å². The van der Waals surface area contributed by atoms with Crippen LogP contribution in [0, 0.1) is 0 Å². The van der Waals surface area contributed by atoms with E-state index in [0.29, 0.717) is 16.7 Å². The summed E-state index contributed by atoms with van der Waals surface area (Å²) in [5, 5.41) is 0.462. The summed E-state index contributed by atoms with van der Waals surface area (Å²) in [6.45, 7) is 0. The van der Waals surface area contributed by atoms with Crippen molar-refractivity contribution in [3.05, 3.63) is 38.6 Å². The predicted octanol–water partition coefficient (Wildman–Crippen LogP) is 2.42. The highest BCUT2D eigenvalue weighted by Crippen LogP contribution is 2.35. The third-order valence-electron chi connectivity index (χ3n) is 2.66. The third kappa shape index (κ3) is 3.92. The number of hydrogen-bond acceptors (Lipinski definition) is 6. The number of nitrogens with zero attached hydrogens (tertiary/aromatic N) is 1. The van der Waals surface area contributed by atoms with Crippen molar-refractivity contribution < 1.29 is 9.47 Å². The zero-order chi connectivity index (χ0) is 15.4. The van der Waals surface area contributed by atoms with Gasteiger partial charge in [0.15, 0.2) is 5.16 Å². The maximum absolute atomic E-state index is 11.4. The number of rotatable bonds is 5. The number of halogens is 1. The number of aromatic nitrogens is 2. The van der Waals surface area contributed by atoms with E-state index in [-0.39, 0.29) is 11.4 Å². The Hall–Kier alpha value is -1.67. The molecule has 0 amide bonds. The lowest BCUT2D eigenvalue weighted by Crippen LogP contribution is -2.09. The van der Waals surface area contributed by atoms with Crippen LogP contribution in [0.3, 0.4) is 0 Å². The summed E-state index contributed by atoms with van der Waals surface area (Å²) in [5.41, 5.74) is 6.21. The molecule has 1 aromatic carbocycles. The van der Waals surface area contributed by atoms with E-state index < -0.39 is 0 Å². The lowest BCUT2D eigenvalue weighted by atomic mass is 10.2. The number of ether oxygens (including phenoxy) is 2. The van der Waals surface area contributed by atoms with Crippen LogP contribution in [0.2, 0.25) is 0 Å². The SMILES string of the molecule is COc1cc(CSc2nc(N)cc(=O)[nH]2)c(OC)cc1Br. The molecular weight excluding hydrogens is 358 g/mol. The van der Waals surface area contributed by atoms with Crippen LogP contribution < -0.4 is 20.8 Å². The van der Waals surface area contributed by atoms with Gasteiger partial charge < -0.3 is 20.2 Å². The number of nitrogens with two attached hydrogens (primary N) is 1. The molecule has 21 heavy (non-hydrogen) atoms. The second-order valence-electron chi connectivity index (χ2n) is 4.06. The number of thioether (sulfide) groups is 1. The standard InChI is InChI=1S/C13H14BrN3O3S/c1-19-9-4-8(14)10(20-2)3-7(9)6-21-13-16-11(15)5-12(18)17-13/h3-5H,6H2,1-2H3,(H3,15,16,17,18). The van der Waals surface area contributed by atoms with Gasteiger partial charge in [0, 0.05) is 17.4 Å². The number of H-pyrrole nitrogens is 1. The fraction of sp³-hybridized carbons (Fsp3) is 0.231.